The molecule has 1 heterocycles. The molecule has 1 aromatic carbocycles. The van der Waals surface area contributed by atoms with Gasteiger partial charge in [-0.2, -0.15) is 4.37 Å². The van der Waals surface area contributed by atoms with Crippen molar-refractivity contribution in [2.45, 2.75) is 53.1 Å². The lowest BCUT2D eigenvalue weighted by Crippen LogP contribution is -2.38. The van der Waals surface area contributed by atoms with Gasteiger partial charge in [0.05, 0.1) is 0 Å². The number of anilines is 1. The van der Waals surface area contributed by atoms with Crippen molar-refractivity contribution in [3.05, 3.63) is 41.2 Å². The average molecular weight is 333 g/mol. The van der Waals surface area contributed by atoms with Gasteiger partial charge in [-0.1, -0.05) is 43.7 Å². The zero-order chi connectivity index (χ0) is 16.8. The number of hydrogen-bond acceptors (Lipinski definition) is 5. The maximum Gasteiger partial charge on any atom is 0.205 e. The van der Waals surface area contributed by atoms with Gasteiger partial charge >= 0.3 is 0 Å². The molecule has 126 valence electrons. The molecule has 23 heavy (non-hydrogen) atoms. The summed E-state index contributed by atoms with van der Waals surface area (Å²) in [7, 11) is 0. The van der Waals surface area contributed by atoms with Crippen molar-refractivity contribution >= 4 is 16.7 Å². The molecule has 0 radical (unpaired) electrons. The first-order chi connectivity index (χ1) is 11.0. The Bertz CT molecular complexity index is 589. The zero-order valence-corrected chi connectivity index (χ0v) is 15.7. The van der Waals surface area contributed by atoms with Gasteiger partial charge in [0.25, 0.3) is 0 Å². The fourth-order valence-electron chi connectivity index (χ4n) is 2.37. The van der Waals surface area contributed by atoms with Crippen LogP contribution in [0.1, 0.15) is 44.6 Å². The number of rotatable bonds is 8. The molecule has 0 aliphatic heterocycles. The van der Waals surface area contributed by atoms with Crippen molar-refractivity contribution in [3.8, 4) is 0 Å². The van der Waals surface area contributed by atoms with Gasteiger partial charge in [0.15, 0.2) is 0 Å². The lowest BCUT2D eigenvalue weighted by molar-refractivity contribution is 0.564. The Hall–Kier alpha value is -1.46. The van der Waals surface area contributed by atoms with Crippen LogP contribution in [-0.2, 0) is 6.42 Å². The van der Waals surface area contributed by atoms with Crippen molar-refractivity contribution in [1.82, 2.24) is 14.7 Å². The van der Waals surface area contributed by atoms with Crippen LogP contribution in [-0.4, -0.2) is 34.5 Å². The minimum absolute atomic E-state index is 0.420. The van der Waals surface area contributed by atoms with Crippen LogP contribution in [0.25, 0.3) is 0 Å². The van der Waals surface area contributed by atoms with E-state index in [9.17, 15) is 0 Å². The minimum atomic E-state index is 0.420. The van der Waals surface area contributed by atoms with E-state index in [1.165, 1.54) is 22.7 Å². The third kappa shape index (κ3) is 5.59. The molecule has 0 aliphatic rings. The first-order valence-electron chi connectivity index (χ1n) is 8.34. The van der Waals surface area contributed by atoms with E-state index in [0.717, 1.165) is 30.5 Å². The number of nitrogens with one attached hydrogen (secondary N) is 1. The summed E-state index contributed by atoms with van der Waals surface area (Å²) in [5.41, 5.74) is 2.54. The highest BCUT2D eigenvalue weighted by Gasteiger charge is 2.15. The zero-order valence-electron chi connectivity index (χ0n) is 14.8. The summed E-state index contributed by atoms with van der Waals surface area (Å²) in [6.45, 7) is 12.8. The fourth-order valence-corrected chi connectivity index (χ4v) is 3.22. The Morgan fingerprint density at radius 1 is 1.13 bits per heavy atom. The van der Waals surface area contributed by atoms with E-state index in [0.29, 0.717) is 12.1 Å². The molecule has 2 rings (SSSR count). The van der Waals surface area contributed by atoms with Gasteiger partial charge in [-0.15, -0.1) is 0 Å². The second kappa shape index (κ2) is 8.41. The van der Waals surface area contributed by atoms with Gasteiger partial charge in [0, 0.05) is 43.1 Å². The molecule has 2 aromatic rings. The van der Waals surface area contributed by atoms with Crippen LogP contribution in [0.2, 0.25) is 0 Å². The smallest absolute Gasteiger partial charge is 0.205 e. The molecule has 0 bridgehead atoms. The van der Waals surface area contributed by atoms with E-state index < -0.39 is 0 Å². The second-order valence-electron chi connectivity index (χ2n) is 6.55. The van der Waals surface area contributed by atoms with E-state index >= 15 is 0 Å². The summed E-state index contributed by atoms with van der Waals surface area (Å²) in [4.78, 5) is 7.08. The second-order valence-corrected chi connectivity index (χ2v) is 7.28. The van der Waals surface area contributed by atoms with Crippen LogP contribution in [0.4, 0.5) is 5.13 Å². The summed E-state index contributed by atoms with van der Waals surface area (Å²) in [5, 5.41) is 4.49. The van der Waals surface area contributed by atoms with Gasteiger partial charge in [0.1, 0.15) is 5.82 Å². The monoisotopic (exact) mass is 332 g/mol. The fraction of sp³-hybridized carbons (Fsp3) is 0.556. The predicted octanol–water partition coefficient (Wildman–Crippen LogP) is 3.65. The quantitative estimate of drug-likeness (QED) is 0.801. The number of aromatic nitrogens is 2. The molecule has 0 amide bonds. The molecule has 0 atom stereocenters. The Balaban J connectivity index is 2.01. The highest BCUT2D eigenvalue weighted by molar-refractivity contribution is 7.09. The molecule has 1 aromatic heterocycles. The van der Waals surface area contributed by atoms with Crippen LogP contribution in [0.15, 0.2) is 24.3 Å². The van der Waals surface area contributed by atoms with Crippen LogP contribution < -0.4 is 10.2 Å². The predicted molar refractivity (Wildman–Crippen MR) is 99.5 cm³/mol. The molecule has 0 spiro atoms. The Kier molecular flexibility index (Phi) is 6.54. The van der Waals surface area contributed by atoms with Crippen LogP contribution in [0, 0.1) is 6.92 Å². The van der Waals surface area contributed by atoms with Crippen molar-refractivity contribution in [3.63, 3.8) is 0 Å². The van der Waals surface area contributed by atoms with Gasteiger partial charge in [-0.05, 0) is 26.3 Å². The Morgan fingerprint density at radius 3 is 2.43 bits per heavy atom. The normalized spacial score (nSPS) is 11.4. The highest BCUT2D eigenvalue weighted by Crippen LogP contribution is 2.21. The van der Waals surface area contributed by atoms with E-state index in [-0.39, 0.29) is 0 Å². The number of nitrogens with zero attached hydrogens (tertiary/aromatic N) is 3. The third-order valence-corrected chi connectivity index (χ3v) is 4.51. The molecule has 5 heteroatoms. The first kappa shape index (κ1) is 17.9. The maximum atomic E-state index is 4.75. The molecule has 0 aliphatic carbocycles. The summed E-state index contributed by atoms with van der Waals surface area (Å²) in [6, 6.07) is 9.52. The van der Waals surface area contributed by atoms with Crippen LogP contribution >= 0.6 is 11.5 Å². The molecule has 4 nitrogen and oxygen atoms in total. The largest absolute Gasteiger partial charge is 0.343 e. The average Bonchev–Trinajstić information content (AvgIpc) is 2.93. The van der Waals surface area contributed by atoms with Crippen molar-refractivity contribution in [2.24, 2.45) is 0 Å². The SMILES string of the molecule is Cc1ccc(Cc2nsc(N(CCNC(C)C)C(C)C)n2)cc1. The van der Waals surface area contributed by atoms with Gasteiger partial charge in [-0.25, -0.2) is 4.98 Å². The molecular weight excluding hydrogens is 304 g/mol. The molecule has 0 fully saturated rings. The molecule has 0 saturated carbocycles. The summed E-state index contributed by atoms with van der Waals surface area (Å²) in [6.07, 6.45) is 0.799. The van der Waals surface area contributed by atoms with Crippen molar-refractivity contribution in [2.75, 3.05) is 18.0 Å². The lowest BCUT2D eigenvalue weighted by Gasteiger charge is -2.26. The maximum absolute atomic E-state index is 4.75. The lowest BCUT2D eigenvalue weighted by atomic mass is 10.1. The Morgan fingerprint density at radius 2 is 1.83 bits per heavy atom. The summed E-state index contributed by atoms with van der Waals surface area (Å²) in [5.74, 6) is 0.913. The molecule has 0 unspecified atom stereocenters. The van der Waals surface area contributed by atoms with Crippen molar-refractivity contribution in [1.29, 1.82) is 0 Å². The topological polar surface area (TPSA) is 41.1 Å². The summed E-state index contributed by atoms with van der Waals surface area (Å²) < 4.78 is 4.55. The molecule has 0 saturated heterocycles. The van der Waals surface area contributed by atoms with Gasteiger partial charge in [0.2, 0.25) is 5.13 Å². The summed E-state index contributed by atoms with van der Waals surface area (Å²) >= 11 is 1.50. The first-order valence-corrected chi connectivity index (χ1v) is 9.11. The van der Waals surface area contributed by atoms with E-state index in [1.807, 2.05) is 0 Å². The van der Waals surface area contributed by atoms with Crippen LogP contribution in [0.3, 0.4) is 0 Å². The minimum Gasteiger partial charge on any atom is -0.343 e. The van der Waals surface area contributed by atoms with Crippen LogP contribution in [0.5, 0.6) is 0 Å². The van der Waals surface area contributed by atoms with Gasteiger partial charge in [-0.3, -0.25) is 0 Å². The standard InChI is InChI=1S/C18H28N4S/c1-13(2)19-10-11-22(14(3)4)18-20-17(21-23-18)12-16-8-6-15(5)7-9-16/h6-9,13-14,19H,10-12H2,1-5H3. The number of benzene rings is 1. The van der Waals surface area contributed by atoms with Crippen molar-refractivity contribution < 1.29 is 0 Å². The van der Waals surface area contributed by atoms with E-state index in [4.69, 9.17) is 4.98 Å². The molecule has 1 N–H and O–H groups in total. The van der Waals surface area contributed by atoms with Gasteiger partial charge < -0.3 is 10.2 Å². The number of aryl methyl sites for hydroxylation is 1. The number of hydrogen-bond donors (Lipinski definition) is 1. The highest BCUT2D eigenvalue weighted by atomic mass is 32.1. The Labute approximate surface area is 144 Å². The van der Waals surface area contributed by atoms with E-state index in [2.05, 4.69) is 73.5 Å². The third-order valence-electron chi connectivity index (χ3n) is 3.71. The molecular formula is C18H28N4S. The van der Waals surface area contributed by atoms with E-state index in [1.54, 1.807) is 0 Å².